The summed E-state index contributed by atoms with van der Waals surface area (Å²) < 4.78 is 28.8. The number of nitrogens with one attached hydrogen (secondary N) is 1. The predicted molar refractivity (Wildman–Crippen MR) is 113 cm³/mol. The Morgan fingerprint density at radius 3 is 2.55 bits per heavy atom. The third kappa shape index (κ3) is 5.96. The molecule has 1 amide bonds. The zero-order chi connectivity index (χ0) is 20.9. The van der Waals surface area contributed by atoms with Crippen molar-refractivity contribution in [1.29, 1.82) is 0 Å². The van der Waals surface area contributed by atoms with E-state index in [9.17, 15) is 13.2 Å². The lowest BCUT2D eigenvalue weighted by Crippen LogP contribution is -2.45. The van der Waals surface area contributed by atoms with Crippen LogP contribution in [0.15, 0.2) is 33.7 Å². The van der Waals surface area contributed by atoms with Crippen molar-refractivity contribution < 1.29 is 17.7 Å². The van der Waals surface area contributed by atoms with Gasteiger partial charge in [-0.3, -0.25) is 4.79 Å². The lowest BCUT2D eigenvalue weighted by Gasteiger charge is -2.34. The number of piperidine rings is 1. The van der Waals surface area contributed by atoms with Crippen molar-refractivity contribution in [3.63, 3.8) is 0 Å². The molecule has 2 aromatic rings. The molecule has 29 heavy (non-hydrogen) atoms. The maximum absolute atomic E-state index is 12.2. The zero-order valence-corrected chi connectivity index (χ0v) is 18.3. The summed E-state index contributed by atoms with van der Waals surface area (Å²) in [5.74, 6) is 2.16. The number of hydrogen-bond donors (Lipinski definition) is 1. The van der Waals surface area contributed by atoms with Crippen LogP contribution in [0, 0.1) is 6.92 Å². The quantitative estimate of drug-likeness (QED) is 0.669. The van der Waals surface area contributed by atoms with Crippen molar-refractivity contribution in [3.8, 4) is 0 Å². The molecular formula is C19H26N4O4S2. The van der Waals surface area contributed by atoms with Crippen molar-refractivity contribution in [3.05, 3.63) is 36.0 Å². The molecule has 0 atom stereocenters. The maximum atomic E-state index is 12.2. The van der Waals surface area contributed by atoms with Crippen molar-refractivity contribution >= 4 is 33.2 Å². The van der Waals surface area contributed by atoms with Crippen LogP contribution >= 0.6 is 11.8 Å². The fourth-order valence-corrected chi connectivity index (χ4v) is 4.77. The number of aryl methyl sites for hydroxylation is 1. The van der Waals surface area contributed by atoms with Crippen molar-refractivity contribution in [2.45, 2.75) is 43.4 Å². The second-order valence-electron chi connectivity index (χ2n) is 6.95. The normalized spacial score (nSPS) is 15.4. The van der Waals surface area contributed by atoms with Crippen LogP contribution in [0.25, 0.3) is 0 Å². The third-order valence-electron chi connectivity index (χ3n) is 4.84. The SMILES string of the molecule is CCS(=O)(=O)c1ccc(N2CCC(NC(=O)CSCc3noc(C)n3)CC2)cc1. The number of aromatic nitrogens is 2. The van der Waals surface area contributed by atoms with Crippen LogP contribution in [-0.2, 0) is 20.4 Å². The molecule has 8 nitrogen and oxygen atoms in total. The molecule has 0 radical (unpaired) electrons. The fourth-order valence-electron chi connectivity index (χ4n) is 3.22. The first kappa shape index (κ1) is 21.6. The summed E-state index contributed by atoms with van der Waals surface area (Å²) in [5, 5.41) is 6.90. The summed E-state index contributed by atoms with van der Waals surface area (Å²) in [6.45, 7) is 5.02. The van der Waals surface area contributed by atoms with Crippen molar-refractivity contribution in [1.82, 2.24) is 15.5 Å². The van der Waals surface area contributed by atoms with Gasteiger partial charge in [-0.15, -0.1) is 11.8 Å². The molecule has 1 aliphatic rings. The minimum Gasteiger partial charge on any atom is -0.371 e. The standard InChI is InChI=1S/C19H26N4O4S2/c1-3-29(25,26)17-6-4-16(5-7-17)23-10-8-15(9-11-23)21-19(24)13-28-12-18-20-14(2)27-22-18/h4-7,15H,3,8-13H2,1-2H3,(H,21,24). The number of benzene rings is 1. The molecule has 3 rings (SSSR count). The number of carbonyl (C=O) groups excluding carboxylic acids is 1. The van der Waals surface area contributed by atoms with Gasteiger partial charge in [-0.25, -0.2) is 8.42 Å². The van der Waals surface area contributed by atoms with E-state index in [4.69, 9.17) is 4.52 Å². The number of amides is 1. The van der Waals surface area contributed by atoms with Crippen LogP contribution in [-0.4, -0.2) is 55.1 Å². The van der Waals surface area contributed by atoms with E-state index in [0.29, 0.717) is 28.1 Å². The summed E-state index contributed by atoms with van der Waals surface area (Å²) in [6.07, 6.45) is 1.71. The smallest absolute Gasteiger partial charge is 0.230 e. The highest BCUT2D eigenvalue weighted by molar-refractivity contribution is 7.99. The first-order chi connectivity index (χ1) is 13.9. The van der Waals surface area contributed by atoms with E-state index in [1.807, 2.05) is 12.1 Å². The molecule has 158 valence electrons. The van der Waals surface area contributed by atoms with Gasteiger partial charge in [0.2, 0.25) is 11.8 Å². The Labute approximate surface area is 175 Å². The van der Waals surface area contributed by atoms with Crippen LogP contribution in [0.1, 0.15) is 31.5 Å². The average Bonchev–Trinajstić information content (AvgIpc) is 3.14. The summed E-state index contributed by atoms with van der Waals surface area (Å²) in [7, 11) is -3.17. The largest absolute Gasteiger partial charge is 0.371 e. The summed E-state index contributed by atoms with van der Waals surface area (Å²) >= 11 is 1.46. The van der Waals surface area contributed by atoms with Gasteiger partial charge in [0.1, 0.15) is 0 Å². The number of anilines is 1. The lowest BCUT2D eigenvalue weighted by molar-refractivity contribution is -0.119. The molecule has 0 spiro atoms. The van der Waals surface area contributed by atoms with Gasteiger partial charge in [-0.2, -0.15) is 4.98 Å². The van der Waals surface area contributed by atoms with Gasteiger partial charge in [0, 0.05) is 31.7 Å². The molecule has 1 aliphatic heterocycles. The first-order valence-corrected chi connectivity index (χ1v) is 12.4. The highest BCUT2D eigenvalue weighted by Gasteiger charge is 2.21. The van der Waals surface area contributed by atoms with Crippen LogP contribution in [0.2, 0.25) is 0 Å². The van der Waals surface area contributed by atoms with Gasteiger partial charge in [0.25, 0.3) is 0 Å². The van der Waals surface area contributed by atoms with Crippen LogP contribution in [0.4, 0.5) is 5.69 Å². The van der Waals surface area contributed by atoms with E-state index >= 15 is 0 Å². The van der Waals surface area contributed by atoms with Gasteiger partial charge in [-0.1, -0.05) is 12.1 Å². The number of carbonyl (C=O) groups is 1. The fraction of sp³-hybridized carbons (Fsp3) is 0.526. The minimum absolute atomic E-state index is 0.0165. The summed E-state index contributed by atoms with van der Waals surface area (Å²) in [4.78, 5) is 18.8. The number of nitrogens with zero attached hydrogens (tertiary/aromatic N) is 3. The molecule has 10 heteroatoms. The molecule has 0 aliphatic carbocycles. The third-order valence-corrected chi connectivity index (χ3v) is 7.51. The molecule has 0 saturated carbocycles. The number of sulfone groups is 1. The van der Waals surface area contributed by atoms with Gasteiger partial charge in [0.05, 0.1) is 22.2 Å². The van der Waals surface area contributed by atoms with Crippen molar-refractivity contribution in [2.75, 3.05) is 29.5 Å². The molecule has 0 bridgehead atoms. The maximum Gasteiger partial charge on any atom is 0.230 e. The molecule has 2 heterocycles. The molecule has 1 saturated heterocycles. The van der Waals surface area contributed by atoms with Gasteiger partial charge < -0.3 is 14.7 Å². The Hall–Kier alpha value is -2.07. The Morgan fingerprint density at radius 1 is 1.28 bits per heavy atom. The second-order valence-corrected chi connectivity index (χ2v) is 10.2. The minimum atomic E-state index is -3.17. The first-order valence-electron chi connectivity index (χ1n) is 9.61. The van der Waals surface area contributed by atoms with Gasteiger partial charge in [0.15, 0.2) is 15.7 Å². The van der Waals surface area contributed by atoms with E-state index in [1.165, 1.54) is 11.8 Å². The van der Waals surface area contributed by atoms with E-state index in [2.05, 4.69) is 20.4 Å². The van der Waals surface area contributed by atoms with Crippen molar-refractivity contribution in [2.24, 2.45) is 0 Å². The molecule has 1 N–H and O–H groups in total. The molecular weight excluding hydrogens is 412 g/mol. The summed E-state index contributed by atoms with van der Waals surface area (Å²) in [6, 6.07) is 7.22. The molecule has 1 fully saturated rings. The van der Waals surface area contributed by atoms with Crippen LogP contribution in [0.3, 0.4) is 0 Å². The highest BCUT2D eigenvalue weighted by Crippen LogP contribution is 2.22. The van der Waals surface area contributed by atoms with E-state index in [0.717, 1.165) is 31.6 Å². The van der Waals surface area contributed by atoms with E-state index in [-0.39, 0.29) is 17.7 Å². The Balaban J connectivity index is 1.41. The topological polar surface area (TPSA) is 105 Å². The summed E-state index contributed by atoms with van der Waals surface area (Å²) in [5.41, 5.74) is 1.01. The lowest BCUT2D eigenvalue weighted by atomic mass is 10.0. The molecule has 1 aromatic heterocycles. The highest BCUT2D eigenvalue weighted by atomic mass is 32.2. The van der Waals surface area contributed by atoms with E-state index < -0.39 is 9.84 Å². The predicted octanol–water partition coefficient (Wildman–Crippen LogP) is 2.19. The second kappa shape index (κ2) is 9.62. The van der Waals surface area contributed by atoms with E-state index in [1.54, 1.807) is 26.0 Å². The Bertz CT molecular complexity index is 920. The monoisotopic (exact) mass is 438 g/mol. The number of rotatable bonds is 8. The number of hydrogen-bond acceptors (Lipinski definition) is 8. The molecule has 0 unspecified atom stereocenters. The zero-order valence-electron chi connectivity index (χ0n) is 16.6. The van der Waals surface area contributed by atoms with Crippen LogP contribution in [0.5, 0.6) is 0 Å². The van der Waals surface area contributed by atoms with Gasteiger partial charge in [-0.05, 0) is 37.1 Å². The van der Waals surface area contributed by atoms with Crippen LogP contribution < -0.4 is 10.2 Å². The van der Waals surface area contributed by atoms with Gasteiger partial charge >= 0.3 is 0 Å². The molecule has 1 aromatic carbocycles. The average molecular weight is 439 g/mol. The Kier molecular flexibility index (Phi) is 7.18. The number of thioether (sulfide) groups is 1. The Morgan fingerprint density at radius 2 is 1.97 bits per heavy atom.